The van der Waals surface area contributed by atoms with Gasteiger partial charge in [0.05, 0.1) is 10.0 Å². The lowest BCUT2D eigenvalue weighted by Crippen LogP contribution is -2.26. The van der Waals surface area contributed by atoms with Gasteiger partial charge in [0.2, 0.25) is 0 Å². The fraction of sp³-hybridized carbons (Fsp3) is 0.571. The standard InChI is InChI=1S/C14H17BrF3NO.ClH/c15-10-7-6-9(14(16,17)18)11(13(10)20)12(19)8-4-2-1-3-5-8;/h6-8,12,20H,1-5,19H2;1H/t12-;/m1./s1. The summed E-state index contributed by atoms with van der Waals surface area (Å²) in [4.78, 5) is 0. The molecule has 3 N–H and O–H groups in total. The molecule has 2 rings (SSSR count). The Bertz CT molecular complexity index is 490. The van der Waals surface area contributed by atoms with Crippen LogP contribution in [-0.2, 0) is 6.18 Å². The first-order valence-corrected chi connectivity index (χ1v) is 7.46. The van der Waals surface area contributed by atoms with Crippen molar-refractivity contribution in [1.29, 1.82) is 0 Å². The first-order chi connectivity index (χ1) is 9.32. The molecule has 120 valence electrons. The molecule has 1 aromatic rings. The van der Waals surface area contributed by atoms with Crippen molar-refractivity contribution in [1.82, 2.24) is 0 Å². The number of aromatic hydroxyl groups is 1. The van der Waals surface area contributed by atoms with E-state index in [4.69, 9.17) is 5.73 Å². The smallest absolute Gasteiger partial charge is 0.416 e. The molecule has 0 radical (unpaired) electrons. The fourth-order valence-corrected chi connectivity index (χ4v) is 3.24. The minimum atomic E-state index is -4.51. The molecular formula is C14H18BrClF3NO. The molecule has 21 heavy (non-hydrogen) atoms. The van der Waals surface area contributed by atoms with Crippen molar-refractivity contribution in [2.24, 2.45) is 11.7 Å². The molecule has 0 unspecified atom stereocenters. The van der Waals surface area contributed by atoms with Gasteiger partial charge in [-0.2, -0.15) is 13.2 Å². The maximum atomic E-state index is 13.1. The van der Waals surface area contributed by atoms with Crippen LogP contribution in [0.15, 0.2) is 16.6 Å². The van der Waals surface area contributed by atoms with Gasteiger partial charge in [-0.3, -0.25) is 0 Å². The second-order valence-electron chi connectivity index (χ2n) is 5.28. The second-order valence-corrected chi connectivity index (χ2v) is 6.13. The fourth-order valence-electron chi connectivity index (χ4n) is 2.90. The van der Waals surface area contributed by atoms with Crippen LogP contribution in [0.3, 0.4) is 0 Å². The van der Waals surface area contributed by atoms with Crippen molar-refractivity contribution in [3.63, 3.8) is 0 Å². The molecule has 2 nitrogen and oxygen atoms in total. The van der Waals surface area contributed by atoms with E-state index < -0.39 is 23.5 Å². The van der Waals surface area contributed by atoms with Crippen molar-refractivity contribution >= 4 is 28.3 Å². The zero-order valence-corrected chi connectivity index (χ0v) is 13.7. The largest absolute Gasteiger partial charge is 0.506 e. The van der Waals surface area contributed by atoms with Gasteiger partial charge in [0, 0.05) is 11.6 Å². The van der Waals surface area contributed by atoms with Gasteiger partial charge in [-0.05, 0) is 46.8 Å². The van der Waals surface area contributed by atoms with E-state index in [1.165, 1.54) is 6.07 Å². The van der Waals surface area contributed by atoms with Crippen molar-refractivity contribution in [2.75, 3.05) is 0 Å². The Kier molecular flexibility index (Phi) is 6.37. The van der Waals surface area contributed by atoms with Crippen LogP contribution in [-0.4, -0.2) is 5.11 Å². The molecule has 1 aliphatic rings. The highest BCUT2D eigenvalue weighted by molar-refractivity contribution is 9.10. The Hall–Kier alpha value is -0.460. The SMILES string of the molecule is Cl.N[C@@H](c1c(C(F)(F)F)ccc(Br)c1O)C1CCCCC1. The molecule has 1 atom stereocenters. The molecule has 1 saturated carbocycles. The first kappa shape index (κ1) is 18.6. The third kappa shape index (κ3) is 4.05. The van der Waals surface area contributed by atoms with Gasteiger partial charge in [0.25, 0.3) is 0 Å². The van der Waals surface area contributed by atoms with Crippen LogP contribution < -0.4 is 5.73 Å². The average Bonchev–Trinajstić information content (AvgIpc) is 2.40. The molecule has 0 aliphatic heterocycles. The van der Waals surface area contributed by atoms with E-state index in [0.717, 1.165) is 38.2 Å². The summed E-state index contributed by atoms with van der Waals surface area (Å²) < 4.78 is 39.6. The Balaban J connectivity index is 0.00000220. The molecule has 0 aromatic heterocycles. The van der Waals surface area contributed by atoms with Gasteiger partial charge in [-0.1, -0.05) is 19.3 Å². The number of halogens is 5. The topological polar surface area (TPSA) is 46.2 Å². The minimum Gasteiger partial charge on any atom is -0.506 e. The molecule has 1 fully saturated rings. The summed E-state index contributed by atoms with van der Waals surface area (Å²) in [5, 5.41) is 10.0. The molecule has 7 heteroatoms. The molecule has 1 aromatic carbocycles. The van der Waals surface area contributed by atoms with Gasteiger partial charge in [0.1, 0.15) is 5.75 Å². The average molecular weight is 389 g/mol. The summed E-state index contributed by atoms with van der Waals surface area (Å²) in [6.45, 7) is 0. The monoisotopic (exact) mass is 387 g/mol. The zero-order valence-electron chi connectivity index (χ0n) is 11.3. The van der Waals surface area contributed by atoms with Crippen LogP contribution in [0, 0.1) is 5.92 Å². The molecule has 0 bridgehead atoms. The Labute approximate surface area is 136 Å². The maximum absolute atomic E-state index is 13.1. The molecular weight excluding hydrogens is 371 g/mol. The van der Waals surface area contributed by atoms with E-state index in [1.54, 1.807) is 0 Å². The summed E-state index contributed by atoms with van der Waals surface area (Å²) in [7, 11) is 0. The number of phenols is 1. The van der Waals surface area contributed by atoms with Gasteiger partial charge in [-0.15, -0.1) is 12.4 Å². The van der Waals surface area contributed by atoms with Crippen molar-refractivity contribution < 1.29 is 18.3 Å². The molecule has 0 saturated heterocycles. The lowest BCUT2D eigenvalue weighted by molar-refractivity contribution is -0.138. The first-order valence-electron chi connectivity index (χ1n) is 6.66. The van der Waals surface area contributed by atoms with Crippen molar-refractivity contribution in [3.8, 4) is 5.75 Å². The maximum Gasteiger partial charge on any atom is 0.416 e. The highest BCUT2D eigenvalue weighted by atomic mass is 79.9. The van der Waals surface area contributed by atoms with Crippen LogP contribution >= 0.6 is 28.3 Å². The summed E-state index contributed by atoms with van der Waals surface area (Å²) >= 11 is 3.07. The zero-order chi connectivity index (χ0) is 14.9. The number of hydrogen-bond acceptors (Lipinski definition) is 2. The summed E-state index contributed by atoms with van der Waals surface area (Å²) in [5.41, 5.74) is 5.04. The van der Waals surface area contributed by atoms with Gasteiger partial charge in [0.15, 0.2) is 0 Å². The highest BCUT2D eigenvalue weighted by Crippen LogP contribution is 2.45. The predicted octanol–water partition coefficient (Wildman–Crippen LogP) is 5.18. The number of nitrogens with two attached hydrogens (primary N) is 1. The van der Waals surface area contributed by atoms with Crippen LogP contribution in [0.1, 0.15) is 49.3 Å². The van der Waals surface area contributed by atoms with E-state index >= 15 is 0 Å². The van der Waals surface area contributed by atoms with Crippen LogP contribution in [0.5, 0.6) is 5.75 Å². The third-order valence-corrected chi connectivity index (χ3v) is 4.60. The molecule has 1 aliphatic carbocycles. The van der Waals surface area contributed by atoms with E-state index in [9.17, 15) is 18.3 Å². The highest BCUT2D eigenvalue weighted by Gasteiger charge is 2.38. The number of hydrogen-bond donors (Lipinski definition) is 2. The van der Waals surface area contributed by atoms with Crippen LogP contribution in [0.25, 0.3) is 0 Å². The van der Waals surface area contributed by atoms with Gasteiger partial charge in [-0.25, -0.2) is 0 Å². The van der Waals surface area contributed by atoms with E-state index in [2.05, 4.69) is 15.9 Å². The summed E-state index contributed by atoms with van der Waals surface area (Å²) in [5.74, 6) is -0.400. The Morgan fingerprint density at radius 3 is 2.29 bits per heavy atom. The second kappa shape index (κ2) is 7.20. The Morgan fingerprint density at radius 1 is 1.19 bits per heavy atom. The molecule has 0 spiro atoms. The van der Waals surface area contributed by atoms with Crippen LogP contribution in [0.4, 0.5) is 13.2 Å². The summed E-state index contributed by atoms with van der Waals surface area (Å²) in [6.07, 6.45) is 0.164. The number of rotatable bonds is 2. The normalized spacial score (nSPS) is 18.1. The van der Waals surface area contributed by atoms with Gasteiger partial charge < -0.3 is 10.8 Å². The minimum absolute atomic E-state index is 0. The van der Waals surface area contributed by atoms with Crippen LogP contribution in [0.2, 0.25) is 0 Å². The third-order valence-electron chi connectivity index (χ3n) is 3.96. The van der Waals surface area contributed by atoms with Gasteiger partial charge >= 0.3 is 6.18 Å². The van der Waals surface area contributed by atoms with E-state index in [0.29, 0.717) is 0 Å². The van der Waals surface area contributed by atoms with E-state index in [-0.39, 0.29) is 28.4 Å². The number of alkyl halides is 3. The molecule has 0 heterocycles. The number of phenolic OH excluding ortho intramolecular Hbond substituents is 1. The lowest BCUT2D eigenvalue weighted by atomic mass is 9.80. The number of benzene rings is 1. The molecule has 0 amide bonds. The quantitative estimate of drug-likeness (QED) is 0.733. The predicted molar refractivity (Wildman–Crippen MR) is 81.6 cm³/mol. The van der Waals surface area contributed by atoms with Crippen molar-refractivity contribution in [2.45, 2.75) is 44.3 Å². The van der Waals surface area contributed by atoms with E-state index in [1.807, 2.05) is 0 Å². The lowest BCUT2D eigenvalue weighted by Gasteiger charge is -2.30. The van der Waals surface area contributed by atoms with Crippen molar-refractivity contribution in [3.05, 3.63) is 27.7 Å². The summed E-state index contributed by atoms with van der Waals surface area (Å²) in [6, 6.07) is 1.39. The Morgan fingerprint density at radius 2 is 1.76 bits per heavy atom.